The van der Waals surface area contributed by atoms with Crippen molar-refractivity contribution in [2.45, 2.75) is 45.3 Å². The molecule has 1 N–H and O–H groups in total. The van der Waals surface area contributed by atoms with Crippen LogP contribution in [0.3, 0.4) is 0 Å². The Hall–Kier alpha value is -1.55. The Kier molecular flexibility index (Phi) is 5.01. The number of benzene rings is 1. The summed E-state index contributed by atoms with van der Waals surface area (Å²) in [5.74, 6) is 1.04. The summed E-state index contributed by atoms with van der Waals surface area (Å²) < 4.78 is 5.44. The van der Waals surface area contributed by atoms with Crippen LogP contribution in [-0.2, 0) is 4.79 Å². The van der Waals surface area contributed by atoms with Crippen molar-refractivity contribution < 1.29 is 9.53 Å². The van der Waals surface area contributed by atoms with E-state index >= 15 is 0 Å². The number of nitrogens with one attached hydrogen (secondary N) is 1. The van der Waals surface area contributed by atoms with E-state index < -0.39 is 0 Å². The number of carbonyl (C=O) groups excluding carboxylic acids is 1. The number of methoxy groups -OCH3 is 1. The summed E-state index contributed by atoms with van der Waals surface area (Å²) in [6.07, 6.45) is 2.84. The van der Waals surface area contributed by atoms with Crippen molar-refractivity contribution in [2.75, 3.05) is 13.7 Å². The lowest BCUT2D eigenvalue weighted by Gasteiger charge is -2.25. The second kappa shape index (κ2) is 6.75. The summed E-state index contributed by atoms with van der Waals surface area (Å²) in [7, 11) is 1.67. The van der Waals surface area contributed by atoms with Gasteiger partial charge in [0.15, 0.2) is 0 Å². The Labute approximate surface area is 121 Å². The van der Waals surface area contributed by atoms with E-state index in [1.165, 1.54) is 0 Å². The number of rotatable bonds is 6. The average molecular weight is 276 g/mol. The minimum absolute atomic E-state index is 0.0739. The quantitative estimate of drug-likeness (QED) is 0.868. The fourth-order valence-electron chi connectivity index (χ4n) is 2.69. The van der Waals surface area contributed by atoms with Crippen LogP contribution in [-0.4, -0.2) is 30.5 Å². The number of para-hydroxylation sites is 1. The van der Waals surface area contributed by atoms with Gasteiger partial charge in [0.25, 0.3) is 0 Å². The summed E-state index contributed by atoms with van der Waals surface area (Å²) >= 11 is 0. The van der Waals surface area contributed by atoms with Gasteiger partial charge in [0.05, 0.1) is 13.2 Å². The third-order valence-corrected chi connectivity index (χ3v) is 3.85. The van der Waals surface area contributed by atoms with Gasteiger partial charge in [-0.05, 0) is 18.9 Å². The normalized spacial score (nSPS) is 22.4. The number of amides is 1. The van der Waals surface area contributed by atoms with Crippen LogP contribution in [0.2, 0.25) is 0 Å². The maximum atomic E-state index is 12.4. The fraction of sp³-hybridized carbons (Fsp3) is 0.562. The first-order valence-corrected chi connectivity index (χ1v) is 7.42. The maximum absolute atomic E-state index is 12.4. The van der Waals surface area contributed by atoms with Crippen molar-refractivity contribution in [3.63, 3.8) is 0 Å². The molecular weight excluding hydrogens is 252 g/mol. The van der Waals surface area contributed by atoms with E-state index in [9.17, 15) is 4.79 Å². The van der Waals surface area contributed by atoms with E-state index in [2.05, 4.69) is 12.2 Å². The first-order valence-electron chi connectivity index (χ1n) is 7.42. The van der Waals surface area contributed by atoms with Gasteiger partial charge in [0, 0.05) is 12.1 Å². The van der Waals surface area contributed by atoms with Crippen LogP contribution in [0.1, 0.15) is 44.8 Å². The van der Waals surface area contributed by atoms with Crippen LogP contribution in [0.15, 0.2) is 24.3 Å². The van der Waals surface area contributed by atoms with E-state index in [1.807, 2.05) is 36.1 Å². The van der Waals surface area contributed by atoms with Gasteiger partial charge in [-0.3, -0.25) is 10.1 Å². The van der Waals surface area contributed by atoms with E-state index in [4.69, 9.17) is 4.74 Å². The molecule has 0 spiro atoms. The van der Waals surface area contributed by atoms with E-state index in [1.54, 1.807) is 7.11 Å². The molecule has 1 saturated heterocycles. The van der Waals surface area contributed by atoms with Gasteiger partial charge in [-0.1, -0.05) is 38.5 Å². The SMILES string of the molecule is CCCCN1C(=O)C(CC)NC1c1ccccc1OC. The van der Waals surface area contributed by atoms with Gasteiger partial charge in [-0.25, -0.2) is 0 Å². The first-order chi connectivity index (χ1) is 9.72. The minimum Gasteiger partial charge on any atom is -0.496 e. The Morgan fingerprint density at radius 2 is 2.05 bits per heavy atom. The molecule has 4 heteroatoms. The lowest BCUT2D eigenvalue weighted by atomic mass is 10.1. The molecule has 20 heavy (non-hydrogen) atoms. The van der Waals surface area contributed by atoms with E-state index in [-0.39, 0.29) is 18.1 Å². The molecule has 1 aliphatic heterocycles. The van der Waals surface area contributed by atoms with Crippen LogP contribution < -0.4 is 10.1 Å². The Morgan fingerprint density at radius 1 is 1.30 bits per heavy atom. The molecule has 0 bridgehead atoms. The second-order valence-electron chi connectivity index (χ2n) is 5.16. The van der Waals surface area contributed by atoms with Gasteiger partial charge < -0.3 is 9.64 Å². The summed E-state index contributed by atoms with van der Waals surface area (Å²) in [6.45, 7) is 4.98. The Bertz CT molecular complexity index is 462. The molecule has 1 aromatic rings. The summed E-state index contributed by atoms with van der Waals surface area (Å²) in [4.78, 5) is 14.4. The van der Waals surface area contributed by atoms with Crippen molar-refractivity contribution in [3.05, 3.63) is 29.8 Å². The maximum Gasteiger partial charge on any atom is 0.241 e. The summed E-state index contributed by atoms with van der Waals surface area (Å²) in [5.41, 5.74) is 1.04. The smallest absolute Gasteiger partial charge is 0.241 e. The molecule has 4 nitrogen and oxygen atoms in total. The van der Waals surface area contributed by atoms with E-state index in [0.717, 1.165) is 37.1 Å². The van der Waals surface area contributed by atoms with E-state index in [0.29, 0.717) is 0 Å². The number of hydrogen-bond donors (Lipinski definition) is 1. The molecule has 0 saturated carbocycles. The highest BCUT2D eigenvalue weighted by Gasteiger charge is 2.39. The van der Waals surface area contributed by atoms with Gasteiger partial charge in [0.2, 0.25) is 5.91 Å². The molecular formula is C16H24N2O2. The molecule has 1 aliphatic rings. The summed E-state index contributed by atoms with van der Waals surface area (Å²) in [5, 5.41) is 3.44. The molecule has 110 valence electrons. The first kappa shape index (κ1) is 14.9. The third kappa shape index (κ3) is 2.80. The van der Waals surface area contributed by atoms with Gasteiger partial charge in [-0.2, -0.15) is 0 Å². The summed E-state index contributed by atoms with van der Waals surface area (Å²) in [6, 6.07) is 7.83. The van der Waals surface area contributed by atoms with Crippen LogP contribution in [0.5, 0.6) is 5.75 Å². The standard InChI is InChI=1S/C16H24N2O2/c1-4-6-11-18-15(17-13(5-2)16(18)19)12-9-7-8-10-14(12)20-3/h7-10,13,15,17H,4-6,11H2,1-3H3. The Balaban J connectivity index is 2.29. The van der Waals surface area contributed by atoms with Crippen LogP contribution in [0.4, 0.5) is 0 Å². The highest BCUT2D eigenvalue weighted by Crippen LogP contribution is 2.32. The monoisotopic (exact) mass is 276 g/mol. The highest BCUT2D eigenvalue weighted by molar-refractivity contribution is 5.84. The van der Waals surface area contributed by atoms with Crippen LogP contribution in [0.25, 0.3) is 0 Å². The van der Waals surface area contributed by atoms with Gasteiger partial charge >= 0.3 is 0 Å². The van der Waals surface area contributed by atoms with Crippen LogP contribution >= 0.6 is 0 Å². The lowest BCUT2D eigenvalue weighted by Crippen LogP contribution is -2.32. The molecule has 2 unspecified atom stereocenters. The third-order valence-electron chi connectivity index (χ3n) is 3.85. The zero-order chi connectivity index (χ0) is 14.5. The predicted molar refractivity (Wildman–Crippen MR) is 79.6 cm³/mol. The minimum atomic E-state index is -0.0817. The Morgan fingerprint density at radius 3 is 2.70 bits per heavy atom. The molecule has 1 aromatic carbocycles. The van der Waals surface area contributed by atoms with Crippen molar-refractivity contribution in [3.8, 4) is 5.75 Å². The van der Waals surface area contributed by atoms with Crippen molar-refractivity contribution in [1.82, 2.24) is 10.2 Å². The highest BCUT2D eigenvalue weighted by atomic mass is 16.5. The zero-order valence-corrected chi connectivity index (χ0v) is 12.6. The van der Waals surface area contributed by atoms with Crippen molar-refractivity contribution in [1.29, 1.82) is 0 Å². The fourth-order valence-corrected chi connectivity index (χ4v) is 2.69. The average Bonchev–Trinajstić information content (AvgIpc) is 2.81. The van der Waals surface area contributed by atoms with Crippen molar-refractivity contribution >= 4 is 5.91 Å². The molecule has 0 aliphatic carbocycles. The lowest BCUT2D eigenvalue weighted by molar-refractivity contribution is -0.130. The number of carbonyl (C=O) groups is 1. The molecule has 1 fully saturated rings. The number of unbranched alkanes of at least 4 members (excludes halogenated alkanes) is 1. The van der Waals surface area contributed by atoms with Gasteiger partial charge in [0.1, 0.15) is 11.9 Å². The second-order valence-corrected chi connectivity index (χ2v) is 5.16. The molecule has 1 heterocycles. The molecule has 2 atom stereocenters. The largest absolute Gasteiger partial charge is 0.496 e. The molecule has 0 aromatic heterocycles. The molecule has 1 amide bonds. The number of nitrogens with zero attached hydrogens (tertiary/aromatic N) is 1. The topological polar surface area (TPSA) is 41.6 Å². The number of ether oxygens (including phenoxy) is 1. The predicted octanol–water partition coefficient (Wildman–Crippen LogP) is 2.70. The van der Waals surface area contributed by atoms with Gasteiger partial charge in [-0.15, -0.1) is 0 Å². The molecule has 2 rings (SSSR count). The number of hydrogen-bond acceptors (Lipinski definition) is 3. The van der Waals surface area contributed by atoms with Crippen molar-refractivity contribution in [2.24, 2.45) is 0 Å². The van der Waals surface area contributed by atoms with Crippen LogP contribution in [0, 0.1) is 0 Å². The molecule has 0 radical (unpaired) electrons. The zero-order valence-electron chi connectivity index (χ0n) is 12.6.